The van der Waals surface area contributed by atoms with Crippen molar-refractivity contribution in [2.45, 2.75) is 50.9 Å². The molecule has 1 fully saturated rings. The molecule has 0 aromatic heterocycles. The van der Waals surface area contributed by atoms with Crippen LogP contribution in [-0.4, -0.2) is 24.4 Å². The molecule has 2 unspecified atom stereocenters. The SMILES string of the molecule is COC1CCCC(Oc2ccc([C@H](C)O)cc2F)C1. The van der Waals surface area contributed by atoms with Gasteiger partial charge < -0.3 is 14.6 Å². The Kier molecular flexibility index (Phi) is 4.77. The second-order valence-electron chi connectivity index (χ2n) is 5.13. The van der Waals surface area contributed by atoms with Crippen LogP contribution in [0.4, 0.5) is 4.39 Å². The van der Waals surface area contributed by atoms with Crippen LogP contribution in [0.25, 0.3) is 0 Å². The van der Waals surface area contributed by atoms with E-state index in [2.05, 4.69) is 0 Å². The lowest BCUT2D eigenvalue weighted by atomic mass is 9.95. The molecule has 0 amide bonds. The molecule has 19 heavy (non-hydrogen) atoms. The molecule has 3 nitrogen and oxygen atoms in total. The van der Waals surface area contributed by atoms with Crippen LogP contribution in [0.1, 0.15) is 44.3 Å². The smallest absolute Gasteiger partial charge is 0.165 e. The zero-order chi connectivity index (χ0) is 13.8. The summed E-state index contributed by atoms with van der Waals surface area (Å²) in [6, 6.07) is 4.62. The monoisotopic (exact) mass is 268 g/mol. The Morgan fingerprint density at radius 2 is 2.05 bits per heavy atom. The molecule has 0 bridgehead atoms. The zero-order valence-corrected chi connectivity index (χ0v) is 11.4. The summed E-state index contributed by atoms with van der Waals surface area (Å²) in [7, 11) is 1.70. The first-order valence-corrected chi connectivity index (χ1v) is 6.77. The third kappa shape index (κ3) is 3.67. The Labute approximate surface area is 113 Å². The van der Waals surface area contributed by atoms with Gasteiger partial charge in [0.25, 0.3) is 0 Å². The Hall–Kier alpha value is -1.13. The highest BCUT2D eigenvalue weighted by molar-refractivity contribution is 5.30. The third-order valence-electron chi connectivity index (χ3n) is 3.64. The van der Waals surface area contributed by atoms with Crippen molar-refractivity contribution in [3.05, 3.63) is 29.6 Å². The number of hydrogen-bond acceptors (Lipinski definition) is 3. The number of rotatable bonds is 4. The van der Waals surface area contributed by atoms with Crippen molar-refractivity contribution in [1.82, 2.24) is 0 Å². The number of hydrogen-bond donors (Lipinski definition) is 1. The van der Waals surface area contributed by atoms with Gasteiger partial charge in [0.1, 0.15) is 6.10 Å². The van der Waals surface area contributed by atoms with Gasteiger partial charge in [-0.25, -0.2) is 4.39 Å². The summed E-state index contributed by atoms with van der Waals surface area (Å²) in [5, 5.41) is 9.40. The van der Waals surface area contributed by atoms with E-state index in [4.69, 9.17) is 9.47 Å². The highest BCUT2D eigenvalue weighted by atomic mass is 19.1. The van der Waals surface area contributed by atoms with Crippen LogP contribution in [0.2, 0.25) is 0 Å². The van der Waals surface area contributed by atoms with E-state index in [0.29, 0.717) is 5.56 Å². The van der Waals surface area contributed by atoms with Crippen molar-refractivity contribution in [1.29, 1.82) is 0 Å². The molecule has 1 saturated carbocycles. The topological polar surface area (TPSA) is 38.7 Å². The molecule has 1 aliphatic rings. The second kappa shape index (κ2) is 6.35. The lowest BCUT2D eigenvalue weighted by Gasteiger charge is -2.28. The molecule has 4 heteroatoms. The van der Waals surface area contributed by atoms with Gasteiger partial charge in [-0.2, -0.15) is 0 Å². The largest absolute Gasteiger partial charge is 0.487 e. The van der Waals surface area contributed by atoms with Crippen molar-refractivity contribution < 1.29 is 19.0 Å². The van der Waals surface area contributed by atoms with Gasteiger partial charge in [-0.05, 0) is 43.9 Å². The highest BCUT2D eigenvalue weighted by Crippen LogP contribution is 2.28. The van der Waals surface area contributed by atoms with Crippen molar-refractivity contribution in [2.75, 3.05) is 7.11 Å². The standard InChI is InChI=1S/C15H21FO3/c1-10(17)11-6-7-15(14(16)8-11)19-13-5-3-4-12(9-13)18-2/h6-8,10,12-13,17H,3-5,9H2,1-2H3/t10-,12?,13?/m0/s1. The minimum atomic E-state index is -0.670. The van der Waals surface area contributed by atoms with E-state index in [1.807, 2.05) is 0 Å². The van der Waals surface area contributed by atoms with Gasteiger partial charge in [-0.3, -0.25) is 0 Å². The number of halogens is 1. The van der Waals surface area contributed by atoms with E-state index < -0.39 is 11.9 Å². The molecule has 2 rings (SSSR count). The molecular weight excluding hydrogens is 247 g/mol. The van der Waals surface area contributed by atoms with Crippen LogP contribution in [0, 0.1) is 5.82 Å². The molecule has 1 aromatic rings. The molecule has 0 radical (unpaired) electrons. The number of ether oxygens (including phenoxy) is 2. The van der Waals surface area contributed by atoms with Gasteiger partial charge in [-0.1, -0.05) is 6.07 Å². The Bertz CT molecular complexity index is 420. The fourth-order valence-corrected chi connectivity index (χ4v) is 2.48. The predicted octanol–water partition coefficient (Wildman–Crippen LogP) is 3.22. The van der Waals surface area contributed by atoms with E-state index in [-0.39, 0.29) is 18.0 Å². The first-order chi connectivity index (χ1) is 9.10. The summed E-state index contributed by atoms with van der Waals surface area (Å²) >= 11 is 0. The van der Waals surface area contributed by atoms with Crippen LogP contribution in [0.3, 0.4) is 0 Å². The van der Waals surface area contributed by atoms with Gasteiger partial charge >= 0.3 is 0 Å². The van der Waals surface area contributed by atoms with Gasteiger partial charge in [0.2, 0.25) is 0 Å². The lowest BCUT2D eigenvalue weighted by Crippen LogP contribution is -2.29. The molecule has 106 valence electrons. The van der Waals surface area contributed by atoms with Crippen molar-refractivity contribution in [3.63, 3.8) is 0 Å². The quantitative estimate of drug-likeness (QED) is 0.911. The molecular formula is C15H21FO3. The first-order valence-electron chi connectivity index (χ1n) is 6.77. The van der Waals surface area contributed by atoms with Crippen LogP contribution >= 0.6 is 0 Å². The van der Waals surface area contributed by atoms with E-state index in [1.165, 1.54) is 6.07 Å². The molecule has 1 N–H and O–H groups in total. The molecule has 1 aromatic carbocycles. The molecule has 0 spiro atoms. The summed E-state index contributed by atoms with van der Waals surface area (Å²) in [5.41, 5.74) is 0.559. The summed E-state index contributed by atoms with van der Waals surface area (Å²) in [4.78, 5) is 0. The van der Waals surface area contributed by atoms with Crippen molar-refractivity contribution in [3.8, 4) is 5.75 Å². The average molecular weight is 268 g/mol. The van der Waals surface area contributed by atoms with E-state index in [9.17, 15) is 9.50 Å². The van der Waals surface area contributed by atoms with E-state index in [0.717, 1.165) is 25.7 Å². The normalized spacial score (nSPS) is 25.1. The van der Waals surface area contributed by atoms with Crippen LogP contribution in [0.15, 0.2) is 18.2 Å². The Morgan fingerprint density at radius 1 is 1.32 bits per heavy atom. The first kappa shape index (κ1) is 14.3. The van der Waals surface area contributed by atoms with Gasteiger partial charge in [0.15, 0.2) is 11.6 Å². The fraction of sp³-hybridized carbons (Fsp3) is 0.600. The maximum absolute atomic E-state index is 13.9. The number of aliphatic hydroxyl groups is 1. The zero-order valence-electron chi connectivity index (χ0n) is 11.4. The summed E-state index contributed by atoms with van der Waals surface area (Å²) < 4.78 is 24.9. The molecule has 3 atom stereocenters. The molecule has 1 aliphatic carbocycles. The van der Waals surface area contributed by atoms with E-state index >= 15 is 0 Å². The van der Waals surface area contributed by atoms with Gasteiger partial charge in [-0.15, -0.1) is 0 Å². The van der Waals surface area contributed by atoms with Crippen molar-refractivity contribution >= 4 is 0 Å². The van der Waals surface area contributed by atoms with Crippen LogP contribution in [-0.2, 0) is 4.74 Å². The summed E-state index contributed by atoms with van der Waals surface area (Å²) in [6.07, 6.45) is 3.35. The second-order valence-corrected chi connectivity index (χ2v) is 5.13. The maximum atomic E-state index is 13.9. The Morgan fingerprint density at radius 3 is 2.68 bits per heavy atom. The van der Waals surface area contributed by atoms with E-state index in [1.54, 1.807) is 26.2 Å². The van der Waals surface area contributed by atoms with Crippen LogP contribution in [0.5, 0.6) is 5.75 Å². The van der Waals surface area contributed by atoms with Crippen molar-refractivity contribution in [2.24, 2.45) is 0 Å². The highest BCUT2D eigenvalue weighted by Gasteiger charge is 2.24. The van der Waals surface area contributed by atoms with Gasteiger partial charge in [0, 0.05) is 13.5 Å². The predicted molar refractivity (Wildman–Crippen MR) is 70.7 cm³/mol. The fourth-order valence-electron chi connectivity index (χ4n) is 2.48. The summed E-state index contributed by atoms with van der Waals surface area (Å²) in [6.45, 7) is 1.61. The number of benzene rings is 1. The Balaban J connectivity index is 2.02. The maximum Gasteiger partial charge on any atom is 0.165 e. The molecule has 0 saturated heterocycles. The number of methoxy groups -OCH3 is 1. The average Bonchev–Trinajstić information content (AvgIpc) is 2.41. The minimum absolute atomic E-state index is 0.00519. The molecule has 0 aliphatic heterocycles. The lowest BCUT2D eigenvalue weighted by molar-refractivity contribution is 0.0197. The molecule has 0 heterocycles. The van der Waals surface area contributed by atoms with Gasteiger partial charge in [0.05, 0.1) is 12.2 Å². The van der Waals surface area contributed by atoms with Crippen LogP contribution < -0.4 is 4.74 Å². The minimum Gasteiger partial charge on any atom is -0.487 e. The third-order valence-corrected chi connectivity index (χ3v) is 3.64. The number of aliphatic hydroxyl groups excluding tert-OH is 1. The summed E-state index contributed by atoms with van der Waals surface area (Å²) in [5.74, 6) is -0.163.